The first kappa shape index (κ1) is 21.8. The number of anilines is 1. The number of para-hydroxylation sites is 3. The third-order valence-corrected chi connectivity index (χ3v) is 5.87. The Bertz CT molecular complexity index is 1090. The molecule has 1 fully saturated rings. The summed E-state index contributed by atoms with van der Waals surface area (Å²) in [6, 6.07) is 12.8. The molecule has 168 valence electrons. The van der Waals surface area contributed by atoms with Crippen molar-refractivity contribution in [1.82, 2.24) is 14.9 Å². The highest BCUT2D eigenvalue weighted by Gasteiger charge is 2.38. The number of amides is 2. The largest absolute Gasteiger partial charge is 0.493 e. The van der Waals surface area contributed by atoms with E-state index in [-0.39, 0.29) is 24.2 Å². The van der Waals surface area contributed by atoms with E-state index in [2.05, 4.69) is 14.9 Å². The van der Waals surface area contributed by atoms with Gasteiger partial charge in [-0.15, -0.1) is 0 Å². The maximum Gasteiger partial charge on any atom is 0.253 e. The normalized spacial score (nSPS) is 16.3. The SMILES string of the molecule is CCC(=O)N(C(=O)[C@@H]1CCCN1Cc1cccc(OC)c1OC)c1nc2ccccc2[nH]1. The van der Waals surface area contributed by atoms with Gasteiger partial charge in [-0.25, -0.2) is 9.88 Å². The van der Waals surface area contributed by atoms with Gasteiger partial charge in [-0.2, -0.15) is 0 Å². The number of carbonyl (C=O) groups excluding carboxylic acids is 2. The van der Waals surface area contributed by atoms with E-state index in [9.17, 15) is 9.59 Å². The summed E-state index contributed by atoms with van der Waals surface area (Å²) in [7, 11) is 3.21. The Kier molecular flexibility index (Phi) is 6.41. The number of imide groups is 1. The first-order valence-corrected chi connectivity index (χ1v) is 10.8. The van der Waals surface area contributed by atoms with Gasteiger partial charge < -0.3 is 14.5 Å². The Balaban J connectivity index is 1.63. The molecule has 3 aromatic rings. The Morgan fingerprint density at radius 2 is 1.97 bits per heavy atom. The van der Waals surface area contributed by atoms with E-state index in [1.165, 1.54) is 4.90 Å². The number of H-pyrrole nitrogens is 1. The first-order valence-electron chi connectivity index (χ1n) is 10.8. The van der Waals surface area contributed by atoms with Crippen LogP contribution in [0, 0.1) is 0 Å². The molecule has 0 aliphatic carbocycles. The fourth-order valence-corrected chi connectivity index (χ4v) is 4.29. The van der Waals surface area contributed by atoms with Gasteiger partial charge in [-0.1, -0.05) is 31.2 Å². The van der Waals surface area contributed by atoms with Crippen molar-refractivity contribution in [3.8, 4) is 11.5 Å². The molecule has 4 rings (SSSR count). The predicted molar refractivity (Wildman–Crippen MR) is 122 cm³/mol. The maximum absolute atomic E-state index is 13.6. The fourth-order valence-electron chi connectivity index (χ4n) is 4.29. The van der Waals surface area contributed by atoms with Crippen molar-refractivity contribution in [2.45, 2.75) is 38.8 Å². The van der Waals surface area contributed by atoms with E-state index in [1.54, 1.807) is 21.1 Å². The average Bonchev–Trinajstić information content (AvgIpc) is 3.45. The molecule has 1 atom stereocenters. The quantitative estimate of drug-likeness (QED) is 0.610. The van der Waals surface area contributed by atoms with Crippen molar-refractivity contribution >= 4 is 28.8 Å². The predicted octanol–water partition coefficient (Wildman–Crippen LogP) is 3.51. The number of likely N-dealkylation sites (tertiary alicyclic amines) is 1. The van der Waals surface area contributed by atoms with Crippen LogP contribution in [0.3, 0.4) is 0 Å². The van der Waals surface area contributed by atoms with Crippen LogP contribution in [0.25, 0.3) is 11.0 Å². The number of nitrogens with zero attached hydrogens (tertiary/aromatic N) is 3. The molecule has 0 saturated carbocycles. The average molecular weight is 437 g/mol. The van der Waals surface area contributed by atoms with Gasteiger partial charge >= 0.3 is 0 Å². The Hall–Kier alpha value is -3.39. The minimum Gasteiger partial charge on any atom is -0.493 e. The van der Waals surface area contributed by atoms with Gasteiger partial charge in [0.15, 0.2) is 11.5 Å². The summed E-state index contributed by atoms with van der Waals surface area (Å²) in [5.74, 6) is 1.05. The lowest BCUT2D eigenvalue weighted by atomic mass is 10.1. The number of imidazole rings is 1. The zero-order valence-corrected chi connectivity index (χ0v) is 18.6. The Morgan fingerprint density at radius 1 is 1.16 bits per heavy atom. The summed E-state index contributed by atoms with van der Waals surface area (Å²) in [6.45, 7) is 3.02. The summed E-state index contributed by atoms with van der Waals surface area (Å²) >= 11 is 0. The second-order valence-electron chi connectivity index (χ2n) is 7.78. The van der Waals surface area contributed by atoms with Gasteiger partial charge in [0.25, 0.3) is 5.91 Å². The number of carbonyl (C=O) groups is 2. The molecule has 2 heterocycles. The highest BCUT2D eigenvalue weighted by atomic mass is 16.5. The van der Waals surface area contributed by atoms with E-state index in [4.69, 9.17) is 9.47 Å². The number of methoxy groups -OCH3 is 2. The zero-order valence-electron chi connectivity index (χ0n) is 18.6. The van der Waals surface area contributed by atoms with Gasteiger partial charge in [0.05, 0.1) is 31.3 Å². The molecule has 0 bridgehead atoms. The first-order chi connectivity index (χ1) is 15.6. The number of hydrogen-bond donors (Lipinski definition) is 1. The number of ether oxygens (including phenoxy) is 2. The summed E-state index contributed by atoms with van der Waals surface area (Å²) in [4.78, 5) is 37.4. The van der Waals surface area contributed by atoms with E-state index in [0.29, 0.717) is 30.0 Å². The topological polar surface area (TPSA) is 87.8 Å². The number of aromatic amines is 1. The second-order valence-corrected chi connectivity index (χ2v) is 7.78. The van der Waals surface area contributed by atoms with Gasteiger partial charge in [-0.05, 0) is 37.6 Å². The molecule has 1 aliphatic rings. The fraction of sp³-hybridized carbons (Fsp3) is 0.375. The second kappa shape index (κ2) is 9.40. The molecule has 32 heavy (non-hydrogen) atoms. The van der Waals surface area contributed by atoms with Gasteiger partial charge in [0.2, 0.25) is 11.9 Å². The number of hydrogen-bond acceptors (Lipinski definition) is 6. The Morgan fingerprint density at radius 3 is 2.69 bits per heavy atom. The molecule has 8 nitrogen and oxygen atoms in total. The summed E-state index contributed by atoms with van der Waals surface area (Å²) < 4.78 is 11.0. The monoisotopic (exact) mass is 436 g/mol. The smallest absolute Gasteiger partial charge is 0.253 e. The van der Waals surface area contributed by atoms with E-state index >= 15 is 0 Å². The molecule has 1 N–H and O–H groups in total. The number of rotatable bonds is 7. The van der Waals surface area contributed by atoms with Crippen LogP contribution in [-0.2, 0) is 16.1 Å². The van der Waals surface area contributed by atoms with Gasteiger partial charge in [-0.3, -0.25) is 14.5 Å². The highest BCUT2D eigenvalue weighted by Crippen LogP contribution is 2.33. The van der Waals surface area contributed by atoms with Crippen LogP contribution in [0.1, 0.15) is 31.7 Å². The van der Waals surface area contributed by atoms with Crippen molar-refractivity contribution in [1.29, 1.82) is 0 Å². The summed E-state index contributed by atoms with van der Waals surface area (Å²) in [6.07, 6.45) is 1.76. The third kappa shape index (κ3) is 4.05. The lowest BCUT2D eigenvalue weighted by Crippen LogP contribution is -2.48. The third-order valence-electron chi connectivity index (χ3n) is 5.87. The molecule has 0 unspecified atom stereocenters. The van der Waals surface area contributed by atoms with Crippen molar-refractivity contribution in [2.75, 3.05) is 25.7 Å². The van der Waals surface area contributed by atoms with Crippen LogP contribution >= 0.6 is 0 Å². The highest BCUT2D eigenvalue weighted by molar-refractivity contribution is 6.16. The zero-order chi connectivity index (χ0) is 22.7. The van der Waals surface area contributed by atoms with E-state index < -0.39 is 6.04 Å². The summed E-state index contributed by atoms with van der Waals surface area (Å²) in [5.41, 5.74) is 2.44. The van der Waals surface area contributed by atoms with Gasteiger partial charge in [0.1, 0.15) is 0 Å². The van der Waals surface area contributed by atoms with Crippen molar-refractivity contribution in [2.24, 2.45) is 0 Å². The maximum atomic E-state index is 13.6. The lowest BCUT2D eigenvalue weighted by molar-refractivity contribution is -0.129. The standard InChI is InChI=1S/C24H28N4O4/c1-4-21(29)28(24-25-17-10-5-6-11-18(17)26-24)23(30)19-12-8-14-27(19)15-16-9-7-13-20(31-2)22(16)32-3/h5-7,9-11,13,19H,4,8,12,14-15H2,1-3H3,(H,25,26)/t19-/m0/s1. The van der Waals surface area contributed by atoms with Crippen molar-refractivity contribution < 1.29 is 19.1 Å². The van der Waals surface area contributed by atoms with Crippen LogP contribution in [0.15, 0.2) is 42.5 Å². The van der Waals surface area contributed by atoms with Crippen LogP contribution < -0.4 is 14.4 Å². The van der Waals surface area contributed by atoms with Crippen LogP contribution in [-0.4, -0.2) is 53.5 Å². The van der Waals surface area contributed by atoms with E-state index in [1.807, 2.05) is 42.5 Å². The summed E-state index contributed by atoms with van der Waals surface area (Å²) in [5, 5.41) is 0. The lowest BCUT2D eigenvalue weighted by Gasteiger charge is -2.28. The number of aromatic nitrogens is 2. The molecule has 8 heteroatoms. The molecule has 2 aromatic carbocycles. The van der Waals surface area contributed by atoms with Crippen molar-refractivity contribution in [3.63, 3.8) is 0 Å². The van der Waals surface area contributed by atoms with Crippen LogP contribution in [0.4, 0.5) is 5.95 Å². The number of benzene rings is 2. The molecular formula is C24H28N4O4. The number of fused-ring (bicyclic) bond motifs is 1. The number of nitrogens with one attached hydrogen (secondary N) is 1. The molecule has 1 aromatic heterocycles. The van der Waals surface area contributed by atoms with Crippen molar-refractivity contribution in [3.05, 3.63) is 48.0 Å². The molecule has 1 saturated heterocycles. The molecule has 2 amide bonds. The molecular weight excluding hydrogens is 408 g/mol. The molecule has 1 aliphatic heterocycles. The minimum absolute atomic E-state index is 0.208. The van der Waals surface area contributed by atoms with Gasteiger partial charge in [0, 0.05) is 18.5 Å². The van der Waals surface area contributed by atoms with E-state index in [0.717, 1.165) is 24.0 Å². The van der Waals surface area contributed by atoms with Crippen LogP contribution in [0.2, 0.25) is 0 Å². The minimum atomic E-state index is -0.422. The molecule has 0 radical (unpaired) electrons. The molecule has 0 spiro atoms. The Labute approximate surface area is 187 Å². The van der Waals surface area contributed by atoms with Crippen LogP contribution in [0.5, 0.6) is 11.5 Å².